The number of pyridine rings is 1. The van der Waals surface area contributed by atoms with E-state index in [1.165, 1.54) is 34.5 Å². The number of hydrogen-bond donors (Lipinski definition) is 0. The fraction of sp³-hybridized carbons (Fsp3) is 0.220. The lowest BCUT2D eigenvalue weighted by atomic mass is 9.76. The number of rotatable bonds is 11. The molecule has 0 atom stereocenters. The quantitative estimate of drug-likeness (QED) is 0.140. The smallest absolute Gasteiger partial charge is 0.141 e. The summed E-state index contributed by atoms with van der Waals surface area (Å²) < 4.78 is 15.9. The van der Waals surface area contributed by atoms with Gasteiger partial charge in [-0.25, -0.2) is 9.37 Å². The Morgan fingerprint density at radius 1 is 0.667 bits per heavy atom. The molecule has 226 valence electrons. The van der Waals surface area contributed by atoms with E-state index in [9.17, 15) is 4.39 Å². The van der Waals surface area contributed by atoms with Gasteiger partial charge in [0.25, 0.3) is 0 Å². The van der Waals surface area contributed by atoms with Gasteiger partial charge in [0, 0.05) is 18.2 Å². The van der Waals surface area contributed by atoms with Crippen LogP contribution in [-0.4, -0.2) is 14.5 Å². The van der Waals surface area contributed by atoms with Gasteiger partial charge in [0.1, 0.15) is 17.2 Å². The first-order valence-electron chi connectivity index (χ1n) is 15.8. The van der Waals surface area contributed by atoms with Gasteiger partial charge in [-0.15, -0.1) is 0 Å². The second kappa shape index (κ2) is 13.0. The van der Waals surface area contributed by atoms with Crippen molar-refractivity contribution in [3.05, 3.63) is 179 Å². The predicted octanol–water partition coefficient (Wildman–Crippen LogP) is 9.69. The van der Waals surface area contributed by atoms with E-state index in [4.69, 9.17) is 4.98 Å². The molecule has 2 heterocycles. The summed E-state index contributed by atoms with van der Waals surface area (Å²) in [5.41, 5.74) is 7.17. The molecule has 0 aliphatic heterocycles. The van der Waals surface area contributed by atoms with Gasteiger partial charge in [0.05, 0.1) is 17.6 Å². The fourth-order valence-electron chi connectivity index (χ4n) is 6.24. The van der Waals surface area contributed by atoms with Gasteiger partial charge in [-0.3, -0.25) is 4.98 Å². The molecule has 0 radical (unpaired) electrons. The first kappa shape index (κ1) is 30.2. The molecule has 3 nitrogen and oxygen atoms in total. The Morgan fingerprint density at radius 2 is 1.22 bits per heavy atom. The van der Waals surface area contributed by atoms with Crippen LogP contribution in [-0.2, 0) is 24.8 Å². The summed E-state index contributed by atoms with van der Waals surface area (Å²) in [6.45, 7) is 6.90. The number of benzene rings is 4. The lowest BCUT2D eigenvalue weighted by molar-refractivity contribution is 0.345. The van der Waals surface area contributed by atoms with Crippen molar-refractivity contribution >= 4 is 0 Å². The van der Waals surface area contributed by atoms with Crippen LogP contribution in [0.2, 0.25) is 0 Å². The van der Waals surface area contributed by atoms with Crippen molar-refractivity contribution in [3.8, 4) is 11.3 Å². The summed E-state index contributed by atoms with van der Waals surface area (Å²) in [4.78, 5) is 9.64. The van der Waals surface area contributed by atoms with Gasteiger partial charge in [-0.05, 0) is 52.6 Å². The molecular weight excluding hydrogens is 553 g/mol. The van der Waals surface area contributed by atoms with E-state index in [1.54, 1.807) is 6.07 Å². The van der Waals surface area contributed by atoms with Crippen LogP contribution in [0.5, 0.6) is 0 Å². The van der Waals surface area contributed by atoms with Crippen molar-refractivity contribution in [3.63, 3.8) is 0 Å². The van der Waals surface area contributed by atoms with Gasteiger partial charge >= 0.3 is 0 Å². The van der Waals surface area contributed by atoms with E-state index in [1.807, 2.05) is 0 Å². The maximum Gasteiger partial charge on any atom is 0.141 e. The second-order valence-electron chi connectivity index (χ2n) is 12.6. The van der Waals surface area contributed by atoms with Crippen molar-refractivity contribution in [1.82, 2.24) is 14.5 Å². The fourth-order valence-corrected chi connectivity index (χ4v) is 6.24. The van der Waals surface area contributed by atoms with E-state index in [-0.39, 0.29) is 11.2 Å². The largest absolute Gasteiger partial charge is 0.316 e. The molecule has 0 saturated carbocycles. The highest BCUT2D eigenvalue weighted by Crippen LogP contribution is 2.42. The number of aryl methyl sites for hydroxylation is 2. The molecule has 0 bridgehead atoms. The van der Waals surface area contributed by atoms with Gasteiger partial charge in [0.15, 0.2) is 0 Å². The molecule has 45 heavy (non-hydrogen) atoms. The monoisotopic (exact) mass is 593 g/mol. The van der Waals surface area contributed by atoms with Crippen LogP contribution >= 0.6 is 0 Å². The van der Waals surface area contributed by atoms with E-state index in [0.717, 1.165) is 48.5 Å². The summed E-state index contributed by atoms with van der Waals surface area (Å²) in [6, 6.07) is 44.1. The van der Waals surface area contributed by atoms with Crippen molar-refractivity contribution in [2.24, 2.45) is 5.41 Å². The second-order valence-corrected chi connectivity index (χ2v) is 12.6. The Kier molecular flexibility index (Phi) is 8.75. The van der Waals surface area contributed by atoms with Crippen LogP contribution in [0.15, 0.2) is 140 Å². The minimum absolute atomic E-state index is 0.134. The molecule has 0 amide bonds. The van der Waals surface area contributed by atoms with Gasteiger partial charge in [-0.2, -0.15) is 0 Å². The summed E-state index contributed by atoms with van der Waals surface area (Å²) >= 11 is 0. The third-order valence-electron chi connectivity index (χ3n) is 9.00. The predicted molar refractivity (Wildman–Crippen MR) is 182 cm³/mol. The Hall–Kier alpha value is -4.83. The van der Waals surface area contributed by atoms with Gasteiger partial charge in [-0.1, -0.05) is 142 Å². The zero-order valence-corrected chi connectivity index (χ0v) is 26.3. The number of hydrogen-bond acceptors (Lipinski definition) is 2. The highest BCUT2D eigenvalue weighted by molar-refractivity contribution is 5.59. The molecule has 6 rings (SSSR count). The molecule has 0 unspecified atom stereocenters. The standard InChI is InChI=1S/C41H40FN3/c1-4-40(2,3)28-37-30-45(39(44-37)27-22-31-20-23-32(24-21-31)38-26-25-36(42)29-43-38)41(33-14-8-5-9-15-33,34-16-10-6-11-17-34)35-18-12-7-13-19-35/h5-21,23-26,29-30H,4,22,27-28H2,1-3H3. The molecular formula is C41H40FN3. The van der Waals surface area contributed by atoms with Gasteiger partial charge < -0.3 is 4.57 Å². The highest BCUT2D eigenvalue weighted by Gasteiger charge is 2.40. The lowest BCUT2D eigenvalue weighted by Gasteiger charge is -2.38. The number of halogens is 1. The third-order valence-corrected chi connectivity index (χ3v) is 9.00. The molecule has 0 spiro atoms. The van der Waals surface area contributed by atoms with E-state index in [0.29, 0.717) is 0 Å². The maximum atomic E-state index is 13.4. The molecule has 4 heteroatoms. The highest BCUT2D eigenvalue weighted by atomic mass is 19.1. The summed E-state index contributed by atoms with van der Waals surface area (Å²) in [7, 11) is 0. The average Bonchev–Trinajstić information content (AvgIpc) is 3.48. The SMILES string of the molecule is CCC(C)(C)Cc1cn(C(c2ccccc2)(c2ccccc2)c2ccccc2)c(CCc2ccc(-c3ccc(F)cn3)cc2)n1. The topological polar surface area (TPSA) is 30.7 Å². The maximum absolute atomic E-state index is 13.4. The molecule has 0 aliphatic rings. The molecule has 0 aliphatic carbocycles. The zero-order valence-electron chi connectivity index (χ0n) is 26.3. The minimum Gasteiger partial charge on any atom is -0.316 e. The van der Waals surface area contributed by atoms with Gasteiger partial charge in [0.2, 0.25) is 0 Å². The molecule has 0 saturated heterocycles. The van der Waals surface area contributed by atoms with E-state index < -0.39 is 5.54 Å². The molecule has 2 aromatic heterocycles. The normalized spacial score (nSPS) is 11.9. The van der Waals surface area contributed by atoms with Crippen molar-refractivity contribution in [2.45, 2.75) is 52.0 Å². The molecule has 0 N–H and O–H groups in total. The Labute approximate surface area is 266 Å². The molecule has 6 aromatic rings. The molecule has 4 aromatic carbocycles. The van der Waals surface area contributed by atoms with Crippen molar-refractivity contribution in [1.29, 1.82) is 0 Å². The van der Waals surface area contributed by atoms with Crippen LogP contribution < -0.4 is 0 Å². The summed E-state index contributed by atoms with van der Waals surface area (Å²) in [6.07, 6.45) is 7.15. The van der Waals surface area contributed by atoms with Crippen molar-refractivity contribution in [2.75, 3.05) is 0 Å². The number of imidazole rings is 1. The van der Waals surface area contributed by atoms with Crippen LogP contribution in [0.3, 0.4) is 0 Å². The Morgan fingerprint density at radius 3 is 1.71 bits per heavy atom. The Balaban J connectivity index is 1.47. The van der Waals surface area contributed by atoms with Crippen LogP contribution in [0, 0.1) is 11.2 Å². The first-order valence-corrected chi connectivity index (χ1v) is 15.8. The van der Waals surface area contributed by atoms with E-state index in [2.05, 4.69) is 152 Å². The van der Waals surface area contributed by atoms with Crippen molar-refractivity contribution < 1.29 is 4.39 Å². The van der Waals surface area contributed by atoms with Crippen LogP contribution in [0.25, 0.3) is 11.3 Å². The van der Waals surface area contributed by atoms with Crippen LogP contribution in [0.1, 0.15) is 61.0 Å². The summed E-state index contributed by atoms with van der Waals surface area (Å²) in [5, 5.41) is 0. The van der Waals surface area contributed by atoms with E-state index >= 15 is 0 Å². The van der Waals surface area contributed by atoms with Crippen LogP contribution in [0.4, 0.5) is 4.39 Å². The molecule has 0 fully saturated rings. The first-order chi connectivity index (χ1) is 21.9. The third kappa shape index (κ3) is 6.37. The summed E-state index contributed by atoms with van der Waals surface area (Å²) in [5.74, 6) is 0.725. The zero-order chi connectivity index (χ0) is 31.3. The average molecular weight is 594 g/mol. The minimum atomic E-state index is -0.612. The number of nitrogens with zero attached hydrogens (tertiary/aromatic N) is 3. The lowest BCUT2D eigenvalue weighted by Crippen LogP contribution is -2.38. The number of aromatic nitrogens is 3. The Bertz CT molecular complexity index is 1710.